The molecule has 0 heterocycles. The number of nitrogens with two attached hydrogens (primary N) is 1. The summed E-state index contributed by atoms with van der Waals surface area (Å²) in [6, 6.07) is 6.89. The maximum absolute atomic E-state index is 12.0. The SMILES string of the molecule is COCC(C)CC(=O)Nc1ccccc1C(=O)NCCN. The third-order valence-electron chi connectivity index (χ3n) is 2.86. The van der Waals surface area contributed by atoms with E-state index in [4.69, 9.17) is 10.5 Å². The van der Waals surface area contributed by atoms with Crippen LogP contribution in [-0.2, 0) is 9.53 Å². The van der Waals surface area contributed by atoms with Crippen molar-refractivity contribution in [1.29, 1.82) is 0 Å². The Morgan fingerprint density at radius 2 is 2.05 bits per heavy atom. The average Bonchev–Trinajstić information content (AvgIpc) is 2.45. The number of benzene rings is 1. The van der Waals surface area contributed by atoms with Crippen molar-refractivity contribution in [2.45, 2.75) is 13.3 Å². The standard InChI is InChI=1S/C15H23N3O3/c1-11(10-21-2)9-14(19)18-13-6-4-3-5-12(13)15(20)17-8-7-16/h3-6,11H,7-10,16H2,1-2H3,(H,17,20)(H,18,19). The second kappa shape index (κ2) is 9.10. The van der Waals surface area contributed by atoms with Crippen molar-refractivity contribution in [3.05, 3.63) is 29.8 Å². The van der Waals surface area contributed by atoms with E-state index in [1.54, 1.807) is 31.4 Å². The fourth-order valence-electron chi connectivity index (χ4n) is 1.93. The van der Waals surface area contributed by atoms with Gasteiger partial charge in [-0.05, 0) is 18.1 Å². The summed E-state index contributed by atoms with van der Waals surface area (Å²) in [4.78, 5) is 24.0. The molecule has 2 amide bonds. The number of carbonyl (C=O) groups is 2. The van der Waals surface area contributed by atoms with Gasteiger partial charge in [-0.15, -0.1) is 0 Å². The van der Waals surface area contributed by atoms with Gasteiger partial charge in [0.15, 0.2) is 0 Å². The van der Waals surface area contributed by atoms with Crippen molar-refractivity contribution in [2.24, 2.45) is 11.7 Å². The highest BCUT2D eigenvalue weighted by molar-refractivity contribution is 6.03. The predicted octanol–water partition coefficient (Wildman–Crippen LogP) is 0.986. The van der Waals surface area contributed by atoms with Gasteiger partial charge < -0.3 is 21.1 Å². The van der Waals surface area contributed by atoms with E-state index in [0.29, 0.717) is 37.4 Å². The van der Waals surface area contributed by atoms with Gasteiger partial charge in [0, 0.05) is 33.2 Å². The highest BCUT2D eigenvalue weighted by atomic mass is 16.5. The molecule has 0 fully saturated rings. The van der Waals surface area contributed by atoms with E-state index < -0.39 is 0 Å². The minimum atomic E-state index is -0.249. The Labute approximate surface area is 125 Å². The number of carbonyl (C=O) groups excluding carboxylic acids is 2. The zero-order valence-corrected chi connectivity index (χ0v) is 12.5. The second-order valence-electron chi connectivity index (χ2n) is 4.90. The Morgan fingerprint density at radius 3 is 2.71 bits per heavy atom. The van der Waals surface area contributed by atoms with E-state index in [2.05, 4.69) is 10.6 Å². The molecule has 0 spiro atoms. The van der Waals surface area contributed by atoms with Crippen LogP contribution in [-0.4, -0.2) is 38.6 Å². The highest BCUT2D eigenvalue weighted by Gasteiger charge is 2.14. The van der Waals surface area contributed by atoms with Crippen molar-refractivity contribution >= 4 is 17.5 Å². The number of hydrogen-bond donors (Lipinski definition) is 3. The molecule has 6 nitrogen and oxygen atoms in total. The van der Waals surface area contributed by atoms with Crippen LogP contribution in [0.5, 0.6) is 0 Å². The fourth-order valence-corrected chi connectivity index (χ4v) is 1.93. The summed E-state index contributed by atoms with van der Waals surface area (Å²) in [5, 5.41) is 5.46. The molecular formula is C15H23N3O3. The van der Waals surface area contributed by atoms with E-state index in [1.165, 1.54) is 0 Å². The molecule has 1 atom stereocenters. The van der Waals surface area contributed by atoms with Gasteiger partial charge in [0.05, 0.1) is 11.3 Å². The molecule has 1 unspecified atom stereocenters. The lowest BCUT2D eigenvalue weighted by atomic mass is 10.1. The molecule has 1 aromatic carbocycles. The van der Waals surface area contributed by atoms with Crippen LogP contribution >= 0.6 is 0 Å². The van der Waals surface area contributed by atoms with Crippen molar-refractivity contribution in [1.82, 2.24) is 5.32 Å². The number of hydrogen-bond acceptors (Lipinski definition) is 4. The molecule has 0 saturated carbocycles. The Bertz CT molecular complexity index is 477. The van der Waals surface area contributed by atoms with Crippen LogP contribution in [0.15, 0.2) is 24.3 Å². The summed E-state index contributed by atoms with van der Waals surface area (Å²) in [7, 11) is 1.60. The molecule has 1 rings (SSSR count). The van der Waals surface area contributed by atoms with Gasteiger partial charge >= 0.3 is 0 Å². The normalized spacial score (nSPS) is 11.8. The molecule has 21 heavy (non-hydrogen) atoms. The molecule has 0 bridgehead atoms. The van der Waals surface area contributed by atoms with Gasteiger partial charge in [0.2, 0.25) is 5.91 Å². The van der Waals surface area contributed by atoms with Gasteiger partial charge in [0.25, 0.3) is 5.91 Å². The molecule has 1 aromatic rings. The van der Waals surface area contributed by atoms with Crippen LogP contribution in [0.2, 0.25) is 0 Å². The van der Waals surface area contributed by atoms with Crippen LogP contribution in [0.3, 0.4) is 0 Å². The maximum atomic E-state index is 12.0. The lowest BCUT2D eigenvalue weighted by molar-refractivity contribution is -0.117. The Hall–Kier alpha value is -1.92. The Balaban J connectivity index is 2.70. The predicted molar refractivity (Wildman–Crippen MR) is 82.1 cm³/mol. The first-order valence-electron chi connectivity index (χ1n) is 6.94. The quantitative estimate of drug-likeness (QED) is 0.666. The minimum absolute atomic E-state index is 0.119. The number of ether oxygens (including phenoxy) is 1. The highest BCUT2D eigenvalue weighted by Crippen LogP contribution is 2.16. The summed E-state index contributed by atoms with van der Waals surface area (Å²) in [5.74, 6) is -0.270. The first-order chi connectivity index (χ1) is 10.1. The third kappa shape index (κ3) is 5.93. The summed E-state index contributed by atoms with van der Waals surface area (Å²) in [6.45, 7) is 3.22. The molecule has 0 radical (unpaired) electrons. The maximum Gasteiger partial charge on any atom is 0.253 e. The van der Waals surface area contributed by atoms with Crippen molar-refractivity contribution in [3.63, 3.8) is 0 Å². The molecule has 0 aromatic heterocycles. The number of rotatable bonds is 8. The van der Waals surface area contributed by atoms with Crippen LogP contribution in [0.4, 0.5) is 5.69 Å². The van der Waals surface area contributed by atoms with Crippen LogP contribution in [0.1, 0.15) is 23.7 Å². The largest absolute Gasteiger partial charge is 0.384 e. The van der Waals surface area contributed by atoms with E-state index >= 15 is 0 Å². The molecule has 4 N–H and O–H groups in total. The van der Waals surface area contributed by atoms with Gasteiger partial charge in [-0.25, -0.2) is 0 Å². The van der Waals surface area contributed by atoms with Gasteiger partial charge in [-0.1, -0.05) is 19.1 Å². The topological polar surface area (TPSA) is 93.4 Å². The number of methoxy groups -OCH3 is 1. The first-order valence-corrected chi connectivity index (χ1v) is 6.94. The van der Waals surface area contributed by atoms with Gasteiger partial charge in [-0.3, -0.25) is 9.59 Å². The van der Waals surface area contributed by atoms with Crippen LogP contribution in [0, 0.1) is 5.92 Å². The molecule has 0 aliphatic heterocycles. The average molecular weight is 293 g/mol. The number of anilines is 1. The monoisotopic (exact) mass is 293 g/mol. The fraction of sp³-hybridized carbons (Fsp3) is 0.467. The molecule has 0 aliphatic carbocycles. The van der Waals surface area contributed by atoms with Crippen molar-refractivity contribution in [2.75, 3.05) is 32.1 Å². The number of para-hydroxylation sites is 1. The minimum Gasteiger partial charge on any atom is -0.384 e. The third-order valence-corrected chi connectivity index (χ3v) is 2.86. The van der Waals surface area contributed by atoms with E-state index in [-0.39, 0.29) is 17.7 Å². The van der Waals surface area contributed by atoms with E-state index in [1.807, 2.05) is 6.92 Å². The smallest absolute Gasteiger partial charge is 0.253 e. The zero-order chi connectivity index (χ0) is 15.7. The van der Waals surface area contributed by atoms with Crippen molar-refractivity contribution in [3.8, 4) is 0 Å². The molecule has 6 heteroatoms. The lowest BCUT2D eigenvalue weighted by Gasteiger charge is -2.13. The summed E-state index contributed by atoms with van der Waals surface area (Å²) in [5.41, 5.74) is 6.29. The zero-order valence-electron chi connectivity index (χ0n) is 12.5. The Morgan fingerprint density at radius 1 is 1.33 bits per heavy atom. The van der Waals surface area contributed by atoms with E-state index in [9.17, 15) is 9.59 Å². The van der Waals surface area contributed by atoms with Crippen LogP contribution < -0.4 is 16.4 Å². The van der Waals surface area contributed by atoms with Crippen LogP contribution in [0.25, 0.3) is 0 Å². The lowest BCUT2D eigenvalue weighted by Crippen LogP contribution is -2.30. The second-order valence-corrected chi connectivity index (χ2v) is 4.90. The van der Waals surface area contributed by atoms with Gasteiger partial charge in [-0.2, -0.15) is 0 Å². The van der Waals surface area contributed by atoms with Crippen molar-refractivity contribution < 1.29 is 14.3 Å². The summed E-state index contributed by atoms with van der Waals surface area (Å²) < 4.78 is 5.01. The van der Waals surface area contributed by atoms with E-state index in [0.717, 1.165) is 0 Å². The number of amides is 2. The molecule has 0 saturated heterocycles. The summed E-state index contributed by atoms with van der Waals surface area (Å²) >= 11 is 0. The summed E-state index contributed by atoms with van der Waals surface area (Å²) in [6.07, 6.45) is 0.340. The Kier molecular flexibility index (Phi) is 7.42. The molecular weight excluding hydrogens is 270 g/mol. The number of nitrogens with one attached hydrogen (secondary N) is 2. The first kappa shape index (κ1) is 17.1. The molecule has 0 aliphatic rings. The molecule has 116 valence electrons. The van der Waals surface area contributed by atoms with Gasteiger partial charge in [0.1, 0.15) is 0 Å².